The number of Topliss-reactive ketones (excluding diaryl/α,β-unsaturated/α-hetero) is 2. The summed E-state index contributed by atoms with van der Waals surface area (Å²) in [5.41, 5.74) is -1.38. The molecule has 0 heterocycles. The Labute approximate surface area is 135 Å². The number of alkyl halides is 3. The van der Waals surface area contributed by atoms with Gasteiger partial charge in [-0.2, -0.15) is 13.2 Å². The van der Waals surface area contributed by atoms with E-state index in [1.165, 1.54) is 31.4 Å². The summed E-state index contributed by atoms with van der Waals surface area (Å²) in [6.45, 7) is 0. The van der Waals surface area contributed by atoms with Crippen LogP contribution in [0.25, 0.3) is 0 Å². The van der Waals surface area contributed by atoms with E-state index in [2.05, 4.69) is 0 Å². The van der Waals surface area contributed by atoms with Gasteiger partial charge in [0.25, 0.3) is 0 Å². The number of benzene rings is 2. The number of aromatic hydroxyl groups is 1. The van der Waals surface area contributed by atoms with E-state index in [4.69, 9.17) is 4.74 Å². The van der Waals surface area contributed by atoms with Crippen LogP contribution in [0, 0.1) is 0 Å². The lowest BCUT2D eigenvalue weighted by Gasteiger charge is -2.10. The predicted octanol–water partition coefficient (Wildman–Crippen LogP) is 3.88. The largest absolute Gasteiger partial charge is 0.507 e. The fourth-order valence-corrected chi connectivity index (χ4v) is 2.18. The minimum Gasteiger partial charge on any atom is -0.507 e. The Bertz CT molecular complexity index is 782. The van der Waals surface area contributed by atoms with Gasteiger partial charge >= 0.3 is 6.18 Å². The summed E-state index contributed by atoms with van der Waals surface area (Å²) in [6.07, 6.45) is -5.27. The van der Waals surface area contributed by atoms with E-state index in [0.717, 1.165) is 12.1 Å². The molecule has 0 unspecified atom stereocenters. The van der Waals surface area contributed by atoms with Crippen LogP contribution >= 0.6 is 0 Å². The van der Waals surface area contributed by atoms with Crippen molar-refractivity contribution in [2.24, 2.45) is 0 Å². The van der Waals surface area contributed by atoms with Gasteiger partial charge in [0.15, 0.2) is 11.6 Å². The highest BCUT2D eigenvalue weighted by atomic mass is 19.4. The Morgan fingerprint density at radius 1 is 1.08 bits per heavy atom. The van der Waals surface area contributed by atoms with Gasteiger partial charge in [-0.1, -0.05) is 18.2 Å². The molecule has 0 fully saturated rings. The van der Waals surface area contributed by atoms with Gasteiger partial charge in [-0.3, -0.25) is 9.59 Å². The summed E-state index contributed by atoms with van der Waals surface area (Å²) in [4.78, 5) is 24.3. The lowest BCUT2D eigenvalue weighted by atomic mass is 9.99. The van der Waals surface area contributed by atoms with Crippen LogP contribution in [0.1, 0.15) is 32.7 Å². The highest BCUT2D eigenvalue weighted by Crippen LogP contribution is 2.31. The molecule has 4 nitrogen and oxygen atoms in total. The van der Waals surface area contributed by atoms with Gasteiger partial charge in [0.2, 0.25) is 0 Å². The molecule has 0 radical (unpaired) electrons. The van der Waals surface area contributed by atoms with Crippen LogP contribution < -0.4 is 4.74 Å². The molecule has 126 valence electrons. The zero-order chi connectivity index (χ0) is 17.9. The summed E-state index contributed by atoms with van der Waals surface area (Å²) in [6, 6.07) is 7.97. The van der Waals surface area contributed by atoms with E-state index in [0.29, 0.717) is 6.07 Å². The van der Waals surface area contributed by atoms with Gasteiger partial charge in [0.05, 0.1) is 19.1 Å². The van der Waals surface area contributed by atoms with Gasteiger partial charge in [0.1, 0.15) is 17.1 Å². The fraction of sp³-hybridized carbons (Fsp3) is 0.176. The van der Waals surface area contributed by atoms with E-state index >= 15 is 0 Å². The van der Waals surface area contributed by atoms with Crippen LogP contribution in [0.3, 0.4) is 0 Å². The predicted molar refractivity (Wildman–Crippen MR) is 79.4 cm³/mol. The average molecular weight is 338 g/mol. The number of rotatable bonds is 5. The summed E-state index contributed by atoms with van der Waals surface area (Å²) >= 11 is 0. The molecule has 2 aromatic carbocycles. The van der Waals surface area contributed by atoms with E-state index < -0.39 is 29.7 Å². The van der Waals surface area contributed by atoms with Crippen LogP contribution in [0.4, 0.5) is 13.2 Å². The SMILES string of the molecule is COc1cccc(O)c1C(=O)CC(=O)c1cccc(C(F)(F)F)c1. The van der Waals surface area contributed by atoms with Crippen molar-refractivity contribution in [3.8, 4) is 11.5 Å². The summed E-state index contributed by atoms with van der Waals surface area (Å²) in [5, 5.41) is 9.77. The number of ether oxygens (including phenoxy) is 1. The molecule has 0 spiro atoms. The maximum absolute atomic E-state index is 12.7. The smallest absolute Gasteiger partial charge is 0.416 e. The zero-order valence-corrected chi connectivity index (χ0v) is 12.6. The Kier molecular flexibility index (Phi) is 4.92. The Hall–Kier alpha value is -2.83. The Balaban J connectivity index is 2.26. The van der Waals surface area contributed by atoms with Crippen molar-refractivity contribution in [1.82, 2.24) is 0 Å². The number of ketones is 2. The minimum atomic E-state index is -4.58. The number of phenolic OH excluding ortho intramolecular Hbond substituents is 1. The molecule has 0 bridgehead atoms. The molecule has 0 aliphatic carbocycles. The van der Waals surface area contributed by atoms with Gasteiger partial charge in [0, 0.05) is 5.56 Å². The first-order chi connectivity index (χ1) is 11.2. The Morgan fingerprint density at radius 3 is 2.38 bits per heavy atom. The van der Waals surface area contributed by atoms with Crippen molar-refractivity contribution in [2.45, 2.75) is 12.6 Å². The third-order valence-corrected chi connectivity index (χ3v) is 3.34. The second kappa shape index (κ2) is 6.74. The van der Waals surface area contributed by atoms with Crippen molar-refractivity contribution in [2.75, 3.05) is 7.11 Å². The van der Waals surface area contributed by atoms with Gasteiger partial charge in [-0.15, -0.1) is 0 Å². The van der Waals surface area contributed by atoms with Crippen molar-refractivity contribution in [1.29, 1.82) is 0 Å². The van der Waals surface area contributed by atoms with Crippen LogP contribution in [0.5, 0.6) is 11.5 Å². The molecule has 0 aliphatic heterocycles. The standard InChI is InChI=1S/C17H13F3O4/c1-24-15-7-3-6-12(21)16(15)14(23)9-13(22)10-4-2-5-11(8-10)17(18,19)20/h2-8,21H,9H2,1H3. The monoisotopic (exact) mass is 338 g/mol. The maximum atomic E-state index is 12.7. The van der Waals surface area contributed by atoms with Crippen molar-refractivity contribution in [3.63, 3.8) is 0 Å². The zero-order valence-electron chi connectivity index (χ0n) is 12.6. The number of phenols is 1. The first-order valence-corrected chi connectivity index (χ1v) is 6.83. The maximum Gasteiger partial charge on any atom is 0.416 e. The number of carbonyl (C=O) groups excluding carboxylic acids is 2. The third kappa shape index (κ3) is 3.73. The molecule has 7 heteroatoms. The quantitative estimate of drug-likeness (QED) is 0.664. The molecule has 1 N–H and O–H groups in total. The minimum absolute atomic E-state index is 0.0804. The van der Waals surface area contributed by atoms with Crippen molar-refractivity contribution < 1.29 is 32.6 Å². The van der Waals surface area contributed by atoms with E-state index in [1.54, 1.807) is 0 Å². The molecule has 0 amide bonds. The summed E-state index contributed by atoms with van der Waals surface area (Å²) < 4.78 is 43.0. The lowest BCUT2D eigenvalue weighted by molar-refractivity contribution is -0.137. The molecule has 2 rings (SSSR count). The van der Waals surface area contributed by atoms with Crippen LogP contribution in [0.2, 0.25) is 0 Å². The number of hydrogen-bond donors (Lipinski definition) is 1. The van der Waals surface area contributed by atoms with E-state index in [9.17, 15) is 27.9 Å². The summed E-state index contributed by atoms with van der Waals surface area (Å²) in [7, 11) is 1.29. The van der Waals surface area contributed by atoms with Gasteiger partial charge < -0.3 is 9.84 Å². The fourth-order valence-electron chi connectivity index (χ4n) is 2.18. The van der Waals surface area contributed by atoms with E-state index in [1.807, 2.05) is 0 Å². The van der Waals surface area contributed by atoms with E-state index in [-0.39, 0.29) is 22.6 Å². The molecule has 0 saturated heterocycles. The molecular formula is C17H13F3O4. The number of hydrogen-bond acceptors (Lipinski definition) is 4. The van der Waals surface area contributed by atoms with Crippen LogP contribution in [-0.2, 0) is 6.18 Å². The third-order valence-electron chi connectivity index (χ3n) is 3.34. The first kappa shape index (κ1) is 17.5. The van der Waals surface area contributed by atoms with Crippen LogP contribution in [-0.4, -0.2) is 23.8 Å². The van der Waals surface area contributed by atoms with Crippen molar-refractivity contribution >= 4 is 11.6 Å². The topological polar surface area (TPSA) is 63.6 Å². The molecule has 24 heavy (non-hydrogen) atoms. The highest BCUT2D eigenvalue weighted by Gasteiger charge is 2.31. The second-order valence-electron chi connectivity index (χ2n) is 4.96. The van der Waals surface area contributed by atoms with Gasteiger partial charge in [-0.25, -0.2) is 0 Å². The molecule has 0 aliphatic rings. The van der Waals surface area contributed by atoms with Crippen LogP contribution in [0.15, 0.2) is 42.5 Å². The normalized spacial score (nSPS) is 11.2. The average Bonchev–Trinajstić information content (AvgIpc) is 2.53. The Morgan fingerprint density at radius 2 is 1.75 bits per heavy atom. The lowest BCUT2D eigenvalue weighted by Crippen LogP contribution is -2.12. The summed E-state index contributed by atoms with van der Waals surface area (Å²) in [5.74, 6) is -1.81. The number of halogens is 3. The highest BCUT2D eigenvalue weighted by molar-refractivity contribution is 6.15. The second-order valence-corrected chi connectivity index (χ2v) is 4.96. The first-order valence-electron chi connectivity index (χ1n) is 6.83. The molecule has 0 aromatic heterocycles. The molecule has 2 aromatic rings. The molecule has 0 atom stereocenters. The number of carbonyl (C=O) groups is 2. The molecule has 0 saturated carbocycles. The van der Waals surface area contributed by atoms with Crippen molar-refractivity contribution in [3.05, 3.63) is 59.2 Å². The van der Waals surface area contributed by atoms with Gasteiger partial charge in [-0.05, 0) is 24.3 Å². The number of methoxy groups -OCH3 is 1. The molecular weight excluding hydrogens is 325 g/mol.